The van der Waals surface area contributed by atoms with Gasteiger partial charge in [-0.25, -0.2) is 0 Å². The van der Waals surface area contributed by atoms with Crippen LogP contribution in [0.3, 0.4) is 0 Å². The summed E-state index contributed by atoms with van der Waals surface area (Å²) in [6.45, 7) is 7.74. The molecule has 0 bridgehead atoms. The van der Waals surface area contributed by atoms with Crippen molar-refractivity contribution in [2.75, 3.05) is 6.61 Å². The molecule has 0 aliphatic rings. The third-order valence-corrected chi connectivity index (χ3v) is 2.88. The zero-order chi connectivity index (χ0) is 13.1. The average molecular weight is 233 g/mol. The van der Waals surface area contributed by atoms with E-state index in [1.54, 1.807) is 19.1 Å². The summed E-state index contributed by atoms with van der Waals surface area (Å²) in [7, 11) is 0. The maximum absolute atomic E-state index is 9.89. The lowest BCUT2D eigenvalue weighted by Crippen LogP contribution is -2.31. The van der Waals surface area contributed by atoms with E-state index in [9.17, 15) is 5.11 Å². The van der Waals surface area contributed by atoms with Crippen LogP contribution in [0.1, 0.15) is 37.0 Å². The van der Waals surface area contributed by atoms with Crippen molar-refractivity contribution in [2.24, 2.45) is 0 Å². The van der Waals surface area contributed by atoms with Crippen molar-refractivity contribution in [1.82, 2.24) is 0 Å². The zero-order valence-corrected chi connectivity index (χ0v) is 10.9. The Bertz CT molecular complexity index is 421. The normalized spacial score (nSPS) is 13.9. The summed E-state index contributed by atoms with van der Waals surface area (Å²) in [5.41, 5.74) is 1.67. The standard InChI is InChI=1S/C14H19NO2/c1-5-14(4,16)9-17-13-10(2)6-12(8-15)7-11(13)3/h6-7,16H,5,9H2,1-4H3. The maximum Gasteiger partial charge on any atom is 0.125 e. The molecule has 0 aromatic heterocycles. The lowest BCUT2D eigenvalue weighted by Gasteiger charge is -2.23. The van der Waals surface area contributed by atoms with Crippen LogP contribution in [0.25, 0.3) is 0 Å². The van der Waals surface area contributed by atoms with E-state index in [4.69, 9.17) is 10.00 Å². The number of benzene rings is 1. The predicted molar refractivity (Wildman–Crippen MR) is 67.0 cm³/mol. The van der Waals surface area contributed by atoms with Crippen molar-refractivity contribution in [3.05, 3.63) is 28.8 Å². The van der Waals surface area contributed by atoms with E-state index in [0.29, 0.717) is 12.0 Å². The van der Waals surface area contributed by atoms with Crippen LogP contribution in [0.4, 0.5) is 0 Å². The smallest absolute Gasteiger partial charge is 0.125 e. The van der Waals surface area contributed by atoms with Gasteiger partial charge in [-0.3, -0.25) is 0 Å². The second kappa shape index (κ2) is 5.20. The Balaban J connectivity index is 2.90. The van der Waals surface area contributed by atoms with E-state index in [0.717, 1.165) is 16.9 Å². The molecule has 1 atom stereocenters. The van der Waals surface area contributed by atoms with Crippen LogP contribution >= 0.6 is 0 Å². The molecule has 3 heteroatoms. The molecule has 3 nitrogen and oxygen atoms in total. The van der Waals surface area contributed by atoms with Crippen LogP contribution in [-0.2, 0) is 0 Å². The molecule has 17 heavy (non-hydrogen) atoms. The Hall–Kier alpha value is -1.53. The van der Waals surface area contributed by atoms with E-state index < -0.39 is 5.60 Å². The molecular weight excluding hydrogens is 214 g/mol. The van der Waals surface area contributed by atoms with Crippen molar-refractivity contribution in [3.63, 3.8) is 0 Å². The molecule has 0 radical (unpaired) electrons. The van der Waals surface area contributed by atoms with Crippen LogP contribution in [0.2, 0.25) is 0 Å². The van der Waals surface area contributed by atoms with Crippen molar-refractivity contribution < 1.29 is 9.84 Å². The molecule has 0 saturated carbocycles. The van der Waals surface area contributed by atoms with Crippen molar-refractivity contribution in [1.29, 1.82) is 5.26 Å². The van der Waals surface area contributed by atoms with Gasteiger partial charge in [-0.2, -0.15) is 5.26 Å². The largest absolute Gasteiger partial charge is 0.490 e. The monoisotopic (exact) mass is 233 g/mol. The predicted octanol–water partition coefficient (Wildman–Crippen LogP) is 2.71. The average Bonchev–Trinajstić information content (AvgIpc) is 2.27. The van der Waals surface area contributed by atoms with Crippen LogP contribution in [0, 0.1) is 25.2 Å². The van der Waals surface area contributed by atoms with Gasteiger partial charge in [0, 0.05) is 0 Å². The van der Waals surface area contributed by atoms with Gasteiger partial charge in [0.2, 0.25) is 0 Å². The molecule has 0 spiro atoms. The zero-order valence-electron chi connectivity index (χ0n) is 10.9. The molecular formula is C14H19NO2. The van der Waals surface area contributed by atoms with Gasteiger partial charge >= 0.3 is 0 Å². The number of hydrogen-bond acceptors (Lipinski definition) is 3. The fraction of sp³-hybridized carbons (Fsp3) is 0.500. The van der Waals surface area contributed by atoms with E-state index in [1.165, 1.54) is 0 Å². The van der Waals surface area contributed by atoms with Gasteiger partial charge in [-0.15, -0.1) is 0 Å². The molecule has 0 saturated heterocycles. The van der Waals surface area contributed by atoms with Crippen molar-refractivity contribution in [3.8, 4) is 11.8 Å². The lowest BCUT2D eigenvalue weighted by molar-refractivity contribution is 0.00808. The molecule has 92 valence electrons. The summed E-state index contributed by atoms with van der Waals surface area (Å²) in [6, 6.07) is 5.70. The molecule has 1 aromatic carbocycles. The molecule has 0 amide bonds. The Morgan fingerprint density at radius 2 is 1.88 bits per heavy atom. The van der Waals surface area contributed by atoms with Gasteiger partial charge in [0.05, 0.1) is 17.2 Å². The summed E-state index contributed by atoms with van der Waals surface area (Å²) < 4.78 is 5.66. The first-order valence-electron chi connectivity index (χ1n) is 5.76. The van der Waals surface area contributed by atoms with Gasteiger partial charge in [0.15, 0.2) is 0 Å². The van der Waals surface area contributed by atoms with Gasteiger partial charge in [-0.1, -0.05) is 6.92 Å². The number of aliphatic hydroxyl groups is 1. The first-order chi connectivity index (χ1) is 7.89. The highest BCUT2D eigenvalue weighted by Crippen LogP contribution is 2.25. The van der Waals surface area contributed by atoms with E-state index in [2.05, 4.69) is 6.07 Å². The quantitative estimate of drug-likeness (QED) is 0.870. The van der Waals surface area contributed by atoms with Crippen LogP contribution in [0.15, 0.2) is 12.1 Å². The summed E-state index contributed by atoms with van der Waals surface area (Å²) in [5, 5.41) is 18.7. The second-order valence-electron chi connectivity index (χ2n) is 4.69. The molecule has 0 fully saturated rings. The van der Waals surface area contributed by atoms with E-state index >= 15 is 0 Å². The highest BCUT2D eigenvalue weighted by atomic mass is 16.5. The van der Waals surface area contributed by atoms with E-state index in [-0.39, 0.29) is 6.61 Å². The minimum atomic E-state index is -0.813. The molecule has 0 aliphatic heterocycles. The van der Waals surface area contributed by atoms with Gasteiger partial charge in [0.25, 0.3) is 0 Å². The van der Waals surface area contributed by atoms with Gasteiger partial charge in [0.1, 0.15) is 12.4 Å². The summed E-state index contributed by atoms with van der Waals surface area (Å²) in [5.74, 6) is 0.762. The molecule has 1 aromatic rings. The lowest BCUT2D eigenvalue weighted by atomic mass is 10.0. The van der Waals surface area contributed by atoms with Crippen LogP contribution < -0.4 is 4.74 Å². The molecule has 1 unspecified atom stereocenters. The fourth-order valence-electron chi connectivity index (χ4n) is 1.57. The summed E-state index contributed by atoms with van der Waals surface area (Å²) in [4.78, 5) is 0. The minimum Gasteiger partial charge on any atom is -0.490 e. The third kappa shape index (κ3) is 3.47. The SMILES string of the molecule is CCC(C)(O)COc1c(C)cc(C#N)cc1C. The molecule has 1 N–H and O–H groups in total. The van der Waals surface area contributed by atoms with Crippen molar-refractivity contribution >= 4 is 0 Å². The van der Waals surface area contributed by atoms with E-state index in [1.807, 2.05) is 20.8 Å². The van der Waals surface area contributed by atoms with Crippen LogP contribution in [-0.4, -0.2) is 17.3 Å². The molecule has 0 aliphatic carbocycles. The number of nitrogens with zero attached hydrogens (tertiary/aromatic N) is 1. The molecule has 1 rings (SSSR count). The topological polar surface area (TPSA) is 53.2 Å². The Kier molecular flexibility index (Phi) is 4.14. The highest BCUT2D eigenvalue weighted by Gasteiger charge is 2.19. The molecule has 0 heterocycles. The van der Waals surface area contributed by atoms with Crippen molar-refractivity contribution in [2.45, 2.75) is 39.7 Å². The third-order valence-electron chi connectivity index (χ3n) is 2.88. The highest BCUT2D eigenvalue weighted by molar-refractivity contribution is 5.47. The Labute approximate surface area is 103 Å². The number of rotatable bonds is 4. The number of ether oxygens (including phenoxy) is 1. The fourth-order valence-corrected chi connectivity index (χ4v) is 1.57. The Morgan fingerprint density at radius 1 is 1.35 bits per heavy atom. The van der Waals surface area contributed by atoms with Crippen LogP contribution in [0.5, 0.6) is 5.75 Å². The summed E-state index contributed by atoms with van der Waals surface area (Å²) >= 11 is 0. The van der Waals surface area contributed by atoms with Gasteiger partial charge in [-0.05, 0) is 50.5 Å². The second-order valence-corrected chi connectivity index (χ2v) is 4.69. The maximum atomic E-state index is 9.89. The van der Waals surface area contributed by atoms with Gasteiger partial charge < -0.3 is 9.84 Å². The first-order valence-corrected chi connectivity index (χ1v) is 5.76. The number of nitriles is 1. The number of hydrogen-bond donors (Lipinski definition) is 1. The number of aryl methyl sites for hydroxylation is 2. The first kappa shape index (κ1) is 13.5. The summed E-state index contributed by atoms with van der Waals surface area (Å²) in [6.07, 6.45) is 0.640. The minimum absolute atomic E-state index is 0.261. The Morgan fingerprint density at radius 3 is 2.29 bits per heavy atom.